The standard InChI is InChI=1S/C56H60N2O18/c1-30-38(73-52(69)48(74-43(65)24-25-44(66)76-58-41(63)22-23-42(58)64)46(34-18-12-8-13-19-34)57-51(68)35-20-14-9-15-21-35)28-56(70)36(26-37(61)33-16-10-7-11-17-33)49-54(6,39(62)27-40-55(49,29-71-40)75-32(3)60)50(67)47(72-31(2)59)45(30)53(56,4)5/h7-23,36,38-40,46-49,62-64,70H,24-29H2,1-6H3,(H,57,68)/t36?,38?,39-,40+,46-,47+,48?,49-,54+,55-,56+/m0/s1. The van der Waals surface area contributed by atoms with E-state index in [0.717, 1.165) is 26.0 Å². The highest BCUT2D eigenvalue weighted by molar-refractivity contribution is 5.98. The molecule has 3 fully saturated rings. The molecule has 4 aliphatic rings. The summed E-state index contributed by atoms with van der Waals surface area (Å²) in [7, 11) is 0. The number of aliphatic hydroxyl groups excluding tert-OH is 1. The average molecular weight is 1050 g/mol. The number of nitrogens with one attached hydrogen (secondary N) is 1. The lowest BCUT2D eigenvalue weighted by molar-refractivity contribution is -0.339. The topological polar surface area (TPSA) is 290 Å². The number of rotatable bonds is 16. The van der Waals surface area contributed by atoms with Gasteiger partial charge in [0.05, 0.1) is 36.6 Å². The first-order valence-corrected chi connectivity index (χ1v) is 24.8. The lowest BCUT2D eigenvalue weighted by atomic mass is 9.42. The van der Waals surface area contributed by atoms with Crippen LogP contribution in [0.1, 0.15) is 106 Å². The van der Waals surface area contributed by atoms with Crippen LogP contribution < -0.4 is 10.2 Å². The summed E-state index contributed by atoms with van der Waals surface area (Å²) in [6, 6.07) is 24.6. The number of esters is 4. The number of fused-ring (bicyclic) bond motifs is 5. The number of ketones is 2. The van der Waals surface area contributed by atoms with Crippen molar-refractivity contribution in [1.29, 1.82) is 0 Å². The largest absolute Gasteiger partial charge is 0.492 e. The van der Waals surface area contributed by atoms with Gasteiger partial charge in [0.1, 0.15) is 18.2 Å². The second-order valence-corrected chi connectivity index (χ2v) is 20.5. The van der Waals surface area contributed by atoms with Crippen molar-refractivity contribution in [3.63, 3.8) is 0 Å². The number of aromatic nitrogens is 1. The number of Topliss-reactive ketones (excluding diaryl/α,β-unsaturated/α-hetero) is 2. The Hall–Kier alpha value is -7.68. The summed E-state index contributed by atoms with van der Waals surface area (Å²) >= 11 is 0. The third-order valence-corrected chi connectivity index (χ3v) is 15.7. The van der Waals surface area contributed by atoms with E-state index in [9.17, 15) is 49.2 Å². The van der Waals surface area contributed by atoms with E-state index in [4.69, 9.17) is 28.5 Å². The Morgan fingerprint density at radius 2 is 1.37 bits per heavy atom. The normalized spacial score (nSPS) is 28.0. The highest BCUT2D eigenvalue weighted by Crippen LogP contribution is 2.66. The molecule has 0 radical (unpaired) electrons. The molecular formula is C56H60N2O18. The predicted molar refractivity (Wildman–Crippen MR) is 263 cm³/mol. The van der Waals surface area contributed by atoms with Crippen LogP contribution in [-0.2, 0) is 52.5 Å². The van der Waals surface area contributed by atoms with Gasteiger partial charge in [-0.05, 0) is 42.7 Å². The minimum absolute atomic E-state index is 0.0272. The van der Waals surface area contributed by atoms with Crippen molar-refractivity contribution in [3.8, 4) is 11.8 Å². The molecule has 2 heterocycles. The predicted octanol–water partition coefficient (Wildman–Crippen LogP) is 4.60. The van der Waals surface area contributed by atoms with Crippen LogP contribution in [0.2, 0.25) is 0 Å². The number of benzene rings is 3. The highest BCUT2D eigenvalue weighted by Gasteiger charge is 2.77. The molecule has 8 rings (SSSR count). The Labute approximate surface area is 436 Å². The Balaban J connectivity index is 1.26. The molecule has 4 aromatic rings. The van der Waals surface area contributed by atoms with Crippen molar-refractivity contribution in [2.75, 3.05) is 6.61 Å². The van der Waals surface area contributed by atoms with Crippen molar-refractivity contribution >= 4 is 47.3 Å². The third-order valence-electron chi connectivity index (χ3n) is 15.7. The van der Waals surface area contributed by atoms with Gasteiger partial charge >= 0.3 is 29.8 Å². The first kappa shape index (κ1) is 54.6. The van der Waals surface area contributed by atoms with Crippen LogP contribution in [0.25, 0.3) is 0 Å². The molecule has 3 unspecified atom stereocenters. The van der Waals surface area contributed by atoms with E-state index >= 15 is 9.59 Å². The molecule has 76 heavy (non-hydrogen) atoms. The molecule has 402 valence electrons. The van der Waals surface area contributed by atoms with Crippen LogP contribution in [0.3, 0.4) is 0 Å². The van der Waals surface area contributed by atoms with E-state index in [1.54, 1.807) is 92.7 Å². The van der Waals surface area contributed by atoms with Gasteiger partial charge in [0.25, 0.3) is 5.91 Å². The SMILES string of the molecule is CC(=O)O[C@H]1C(=O)[C@@]2(C)[C@H](C(CC(=O)c3ccccc3)[C@]3(O)CC(OC(=O)C(OC(=O)CCC(=O)On4c(O)ccc4O)[C@@H](NC(=O)c4ccccc4)c4ccccc4)C(C)=C1C3(C)C)[C@]1(OC(C)=O)CO[C@@H]1C[C@@H]2O. The number of nitrogens with zero attached hydrogens (tertiary/aromatic N) is 1. The van der Waals surface area contributed by atoms with Crippen molar-refractivity contribution in [2.24, 2.45) is 22.7 Å². The van der Waals surface area contributed by atoms with E-state index in [-0.39, 0.29) is 40.9 Å². The molecule has 1 aromatic heterocycles. The van der Waals surface area contributed by atoms with Gasteiger partial charge < -0.3 is 54.3 Å². The quantitative estimate of drug-likeness (QED) is 0.0443. The summed E-state index contributed by atoms with van der Waals surface area (Å²) in [5.74, 6) is -11.5. The van der Waals surface area contributed by atoms with Crippen LogP contribution in [0.15, 0.2) is 114 Å². The molecule has 0 spiro atoms. The molecule has 1 saturated heterocycles. The van der Waals surface area contributed by atoms with Gasteiger partial charge in [-0.2, -0.15) is 0 Å². The summed E-state index contributed by atoms with van der Waals surface area (Å²) in [6.45, 7) is 8.02. The van der Waals surface area contributed by atoms with Crippen LogP contribution in [0.5, 0.6) is 11.8 Å². The van der Waals surface area contributed by atoms with Crippen LogP contribution >= 0.6 is 0 Å². The Morgan fingerprint density at radius 3 is 1.93 bits per heavy atom. The maximum atomic E-state index is 15.8. The average Bonchev–Trinajstić information content (AvgIpc) is 3.87. The monoisotopic (exact) mass is 1050 g/mol. The van der Waals surface area contributed by atoms with Crippen LogP contribution in [-0.4, -0.2) is 121 Å². The fourth-order valence-electron chi connectivity index (χ4n) is 12.0. The lowest BCUT2D eigenvalue weighted by Gasteiger charge is -2.68. The van der Waals surface area contributed by atoms with Crippen molar-refractivity contribution in [1.82, 2.24) is 10.0 Å². The number of amides is 1. The molecule has 20 nitrogen and oxygen atoms in total. The highest BCUT2D eigenvalue weighted by atomic mass is 16.7. The zero-order valence-corrected chi connectivity index (χ0v) is 42.6. The number of ether oxygens (including phenoxy) is 5. The first-order chi connectivity index (χ1) is 35.9. The Kier molecular flexibility index (Phi) is 15.2. The first-order valence-electron chi connectivity index (χ1n) is 24.8. The van der Waals surface area contributed by atoms with E-state index in [2.05, 4.69) is 5.32 Å². The lowest BCUT2D eigenvalue weighted by Crippen LogP contribution is -2.80. The van der Waals surface area contributed by atoms with Crippen molar-refractivity contribution < 1.29 is 87.3 Å². The number of hydrogen-bond donors (Lipinski definition) is 5. The fraction of sp³-hybridized carbons (Fsp3) is 0.429. The second-order valence-electron chi connectivity index (χ2n) is 20.5. The van der Waals surface area contributed by atoms with Gasteiger partial charge in [0.2, 0.25) is 17.9 Å². The van der Waals surface area contributed by atoms with Crippen molar-refractivity contribution in [3.05, 3.63) is 131 Å². The summed E-state index contributed by atoms with van der Waals surface area (Å²) in [4.78, 5) is 118. The molecule has 2 bridgehead atoms. The summed E-state index contributed by atoms with van der Waals surface area (Å²) in [5, 5.41) is 49.1. The molecule has 3 aliphatic carbocycles. The van der Waals surface area contributed by atoms with Gasteiger partial charge in [-0.15, -0.1) is 4.73 Å². The molecule has 1 amide bonds. The molecule has 2 saturated carbocycles. The van der Waals surface area contributed by atoms with Crippen LogP contribution in [0.4, 0.5) is 0 Å². The second kappa shape index (κ2) is 21.2. The van der Waals surface area contributed by atoms with Gasteiger partial charge in [-0.1, -0.05) is 92.7 Å². The Morgan fingerprint density at radius 1 is 0.789 bits per heavy atom. The molecule has 1 aliphatic heterocycles. The zero-order valence-electron chi connectivity index (χ0n) is 42.6. The Bertz CT molecular complexity index is 2940. The van der Waals surface area contributed by atoms with E-state index in [0.29, 0.717) is 4.73 Å². The van der Waals surface area contributed by atoms with Gasteiger partial charge in [0, 0.05) is 73.6 Å². The minimum atomic E-state index is -2.32. The number of aliphatic hydroxyl groups is 2. The fourth-order valence-corrected chi connectivity index (χ4v) is 12.0. The molecule has 20 heteroatoms. The number of carbonyl (C=O) groups excluding carboxylic acids is 8. The van der Waals surface area contributed by atoms with Gasteiger partial charge in [-0.25, -0.2) is 9.59 Å². The maximum absolute atomic E-state index is 15.8. The summed E-state index contributed by atoms with van der Waals surface area (Å²) in [5.41, 5.74) is -7.05. The number of aromatic hydroxyl groups is 2. The third kappa shape index (κ3) is 9.87. The van der Waals surface area contributed by atoms with E-state index < -0.39 is 155 Å². The summed E-state index contributed by atoms with van der Waals surface area (Å²) in [6.07, 6.45) is -10.9. The number of hydrogen-bond acceptors (Lipinski definition) is 18. The zero-order chi connectivity index (χ0) is 55.1. The minimum Gasteiger partial charge on any atom is -0.492 e. The molecular weight excluding hydrogens is 989 g/mol. The van der Waals surface area contributed by atoms with E-state index in [1.807, 2.05) is 0 Å². The van der Waals surface area contributed by atoms with Gasteiger partial charge in [0.15, 0.2) is 23.3 Å². The van der Waals surface area contributed by atoms with Crippen molar-refractivity contribution in [2.45, 2.75) is 121 Å². The summed E-state index contributed by atoms with van der Waals surface area (Å²) < 4.78 is 30.8. The number of carbonyl (C=O) groups is 8. The van der Waals surface area contributed by atoms with Crippen LogP contribution in [0, 0.1) is 22.7 Å². The molecule has 5 N–H and O–H groups in total. The smallest absolute Gasteiger partial charge is 0.350 e. The molecule has 3 aromatic carbocycles. The molecule has 11 atom stereocenters. The van der Waals surface area contributed by atoms with E-state index in [1.165, 1.54) is 26.0 Å². The van der Waals surface area contributed by atoms with Gasteiger partial charge in [-0.3, -0.25) is 28.8 Å². The maximum Gasteiger partial charge on any atom is 0.350 e.